The van der Waals surface area contributed by atoms with Crippen molar-refractivity contribution in [1.29, 1.82) is 0 Å². The minimum atomic E-state index is -2.25. The third-order valence-electron chi connectivity index (χ3n) is 3.98. The minimum Gasteiger partial charge on any atom is -0.391 e. The molecular weight excluding hydrogens is 298 g/mol. The van der Waals surface area contributed by atoms with E-state index in [0.29, 0.717) is 0 Å². The van der Waals surface area contributed by atoms with Crippen molar-refractivity contribution in [3.8, 4) is 0 Å². The summed E-state index contributed by atoms with van der Waals surface area (Å²) in [4.78, 5) is 7.60. The summed E-state index contributed by atoms with van der Waals surface area (Å²) in [6.45, 7) is 2.50. The highest BCUT2D eigenvalue weighted by Gasteiger charge is 2.56. The minimum absolute atomic E-state index is 0.0445. The van der Waals surface area contributed by atoms with Crippen molar-refractivity contribution in [2.75, 3.05) is 5.73 Å². The van der Waals surface area contributed by atoms with Crippen LogP contribution < -0.4 is 5.73 Å². The predicted molar refractivity (Wildman–Crippen MR) is 73.0 cm³/mol. The Morgan fingerprint density at radius 1 is 1.50 bits per heavy atom. The molecule has 0 aromatic carbocycles. The maximum atomic E-state index is 14.9. The van der Waals surface area contributed by atoms with Gasteiger partial charge >= 0.3 is 0 Å². The van der Waals surface area contributed by atoms with E-state index in [9.17, 15) is 19.0 Å². The van der Waals surface area contributed by atoms with E-state index >= 15 is 0 Å². The number of aliphatic hydroxyl groups is 2. The molecule has 1 saturated heterocycles. The maximum Gasteiger partial charge on any atom is 0.181 e. The third-order valence-corrected chi connectivity index (χ3v) is 3.98. The van der Waals surface area contributed by atoms with Crippen LogP contribution in [-0.4, -0.2) is 48.7 Å². The molecule has 0 aliphatic carbocycles. The van der Waals surface area contributed by atoms with Crippen LogP contribution in [0.2, 0.25) is 0 Å². The van der Waals surface area contributed by atoms with Gasteiger partial charge in [0.15, 0.2) is 23.4 Å². The smallest absolute Gasteiger partial charge is 0.181 e. The van der Waals surface area contributed by atoms with E-state index in [1.54, 1.807) is 0 Å². The first-order valence-electron chi connectivity index (χ1n) is 6.72. The number of halogens is 2. The topological polar surface area (TPSA) is 106 Å². The van der Waals surface area contributed by atoms with Crippen LogP contribution in [-0.2, 0) is 4.74 Å². The quantitative estimate of drug-likeness (QED) is 0.746. The standard InChI is InChI=1S/C13H16F2N4O3/c1-5(20)8-9(21)13(2,15)12(22-8)19-3-6(14)7-10(16)17-4-18-11(7)19/h3-5,8-9,12,20-21H,1-2H3,(H2,16,17,18)/t5-,8?,9-,12-,13-/m1/s1. The molecule has 9 heteroatoms. The highest BCUT2D eigenvalue weighted by Crippen LogP contribution is 2.44. The van der Waals surface area contributed by atoms with E-state index < -0.39 is 36.0 Å². The summed E-state index contributed by atoms with van der Waals surface area (Å²) in [5.74, 6) is -0.796. The molecule has 4 N–H and O–H groups in total. The van der Waals surface area contributed by atoms with Crippen LogP contribution in [0.4, 0.5) is 14.6 Å². The van der Waals surface area contributed by atoms with Gasteiger partial charge in [-0.25, -0.2) is 18.7 Å². The Balaban J connectivity index is 2.14. The summed E-state index contributed by atoms with van der Waals surface area (Å²) in [5, 5.41) is 19.6. The molecule has 22 heavy (non-hydrogen) atoms. The molecule has 1 fully saturated rings. The zero-order valence-electron chi connectivity index (χ0n) is 11.9. The fourth-order valence-electron chi connectivity index (χ4n) is 2.78. The van der Waals surface area contributed by atoms with Gasteiger partial charge in [0.05, 0.1) is 11.5 Å². The summed E-state index contributed by atoms with van der Waals surface area (Å²) >= 11 is 0. The van der Waals surface area contributed by atoms with Crippen LogP contribution in [0.15, 0.2) is 12.5 Å². The lowest BCUT2D eigenvalue weighted by atomic mass is 9.96. The number of ether oxygens (including phenoxy) is 1. The molecule has 0 bridgehead atoms. The van der Waals surface area contributed by atoms with Crippen molar-refractivity contribution in [2.24, 2.45) is 0 Å². The Bertz CT molecular complexity index is 719. The summed E-state index contributed by atoms with van der Waals surface area (Å²) in [7, 11) is 0. The number of nitrogens with zero attached hydrogens (tertiary/aromatic N) is 3. The number of nitrogens with two attached hydrogens (primary N) is 1. The zero-order valence-corrected chi connectivity index (χ0v) is 11.9. The van der Waals surface area contributed by atoms with Crippen LogP contribution >= 0.6 is 0 Å². The fraction of sp³-hybridized carbons (Fsp3) is 0.538. The zero-order chi connectivity index (χ0) is 16.2. The summed E-state index contributed by atoms with van der Waals surface area (Å²) < 4.78 is 35.5. The fourth-order valence-corrected chi connectivity index (χ4v) is 2.78. The monoisotopic (exact) mass is 314 g/mol. The summed E-state index contributed by atoms with van der Waals surface area (Å²) in [5.41, 5.74) is 3.41. The van der Waals surface area contributed by atoms with E-state index in [2.05, 4.69) is 9.97 Å². The Morgan fingerprint density at radius 2 is 2.18 bits per heavy atom. The largest absolute Gasteiger partial charge is 0.391 e. The number of hydrogen-bond donors (Lipinski definition) is 3. The number of nitrogen functional groups attached to an aromatic ring is 1. The van der Waals surface area contributed by atoms with E-state index in [0.717, 1.165) is 24.0 Å². The third kappa shape index (κ3) is 1.97. The van der Waals surface area contributed by atoms with Crippen molar-refractivity contribution in [2.45, 2.75) is 44.1 Å². The summed E-state index contributed by atoms with van der Waals surface area (Å²) in [6, 6.07) is 0. The van der Waals surface area contributed by atoms with E-state index in [1.165, 1.54) is 6.92 Å². The van der Waals surface area contributed by atoms with E-state index in [1.807, 2.05) is 0 Å². The molecule has 1 unspecified atom stereocenters. The van der Waals surface area contributed by atoms with Crippen molar-refractivity contribution in [3.05, 3.63) is 18.3 Å². The lowest BCUT2D eigenvalue weighted by molar-refractivity contribution is -0.0795. The molecule has 120 valence electrons. The first-order valence-corrected chi connectivity index (χ1v) is 6.72. The molecule has 1 aliphatic rings. The van der Waals surface area contributed by atoms with Crippen LogP contribution in [0.3, 0.4) is 0 Å². The van der Waals surface area contributed by atoms with Gasteiger partial charge in [-0.3, -0.25) is 4.57 Å². The second-order valence-corrected chi connectivity index (χ2v) is 5.63. The van der Waals surface area contributed by atoms with Crippen molar-refractivity contribution >= 4 is 16.9 Å². The average molecular weight is 314 g/mol. The van der Waals surface area contributed by atoms with Crippen molar-refractivity contribution in [1.82, 2.24) is 14.5 Å². The number of aliphatic hydroxyl groups excluding tert-OH is 2. The number of alkyl halides is 1. The second kappa shape index (κ2) is 4.83. The molecule has 1 aliphatic heterocycles. The Labute approximate surface area is 124 Å². The van der Waals surface area contributed by atoms with Gasteiger partial charge in [-0.15, -0.1) is 0 Å². The first-order chi connectivity index (χ1) is 10.2. The number of rotatable bonds is 2. The lowest BCUT2D eigenvalue weighted by Gasteiger charge is -2.25. The molecule has 0 spiro atoms. The van der Waals surface area contributed by atoms with Crippen molar-refractivity contribution in [3.63, 3.8) is 0 Å². The molecule has 0 saturated carbocycles. The van der Waals surface area contributed by atoms with Gasteiger partial charge in [-0.2, -0.15) is 0 Å². The SMILES string of the molecule is C[C@@H](O)C1O[C@@H](n2cc(F)c3c(N)ncnc32)[C@](C)(F)[C@@H]1O. The average Bonchev–Trinajstić information content (AvgIpc) is 2.87. The summed E-state index contributed by atoms with van der Waals surface area (Å²) in [6.07, 6.45) is -3.04. The second-order valence-electron chi connectivity index (χ2n) is 5.63. The van der Waals surface area contributed by atoms with Gasteiger partial charge < -0.3 is 20.7 Å². The van der Waals surface area contributed by atoms with Gasteiger partial charge in [0.25, 0.3) is 0 Å². The number of anilines is 1. The van der Waals surface area contributed by atoms with E-state index in [-0.39, 0.29) is 16.9 Å². The first kappa shape index (κ1) is 15.1. The molecule has 2 aromatic heterocycles. The molecular formula is C13H16F2N4O3. The molecule has 0 amide bonds. The van der Waals surface area contributed by atoms with Gasteiger partial charge in [0.2, 0.25) is 0 Å². The molecule has 2 aromatic rings. The molecule has 3 rings (SSSR count). The van der Waals surface area contributed by atoms with Gasteiger partial charge in [0.1, 0.15) is 24.4 Å². The number of hydrogen-bond acceptors (Lipinski definition) is 6. The molecule has 5 atom stereocenters. The Hall–Kier alpha value is -1.84. The molecule has 0 radical (unpaired) electrons. The van der Waals surface area contributed by atoms with Crippen LogP contribution in [0.25, 0.3) is 11.0 Å². The van der Waals surface area contributed by atoms with Gasteiger partial charge in [0, 0.05) is 6.20 Å². The lowest BCUT2D eigenvalue weighted by Crippen LogP contribution is -2.42. The number of fused-ring (bicyclic) bond motifs is 1. The predicted octanol–water partition coefficient (Wildman–Crippen LogP) is 0.520. The number of aromatic nitrogens is 3. The Morgan fingerprint density at radius 3 is 2.77 bits per heavy atom. The van der Waals surface area contributed by atoms with Gasteiger partial charge in [-0.05, 0) is 13.8 Å². The van der Waals surface area contributed by atoms with Crippen LogP contribution in [0.1, 0.15) is 20.1 Å². The van der Waals surface area contributed by atoms with Crippen LogP contribution in [0, 0.1) is 5.82 Å². The van der Waals surface area contributed by atoms with Crippen LogP contribution in [0.5, 0.6) is 0 Å². The normalized spacial score (nSPS) is 33.5. The molecule has 7 nitrogen and oxygen atoms in total. The van der Waals surface area contributed by atoms with E-state index in [4.69, 9.17) is 10.5 Å². The Kier molecular flexibility index (Phi) is 3.31. The maximum absolute atomic E-state index is 14.9. The highest BCUT2D eigenvalue weighted by molar-refractivity contribution is 5.86. The van der Waals surface area contributed by atoms with Crippen molar-refractivity contribution < 1.29 is 23.7 Å². The highest BCUT2D eigenvalue weighted by atomic mass is 19.1. The molecule has 3 heterocycles. The van der Waals surface area contributed by atoms with Gasteiger partial charge in [-0.1, -0.05) is 0 Å².